The molecule has 3 rings (SSSR count). The van der Waals surface area contributed by atoms with Crippen molar-refractivity contribution in [2.75, 3.05) is 11.9 Å². The fraction of sp³-hybridized carbons (Fsp3) is 0.360. The minimum Gasteiger partial charge on any atom is -0.478 e. The molecule has 2 N–H and O–H groups in total. The van der Waals surface area contributed by atoms with Crippen LogP contribution in [0.2, 0.25) is 5.02 Å². The number of nitrogens with zero attached hydrogens (tertiary/aromatic N) is 2. The molecular formula is C25H28ClN3O4S. The Labute approximate surface area is 208 Å². The van der Waals surface area contributed by atoms with Crippen LogP contribution < -0.4 is 5.32 Å². The van der Waals surface area contributed by atoms with Crippen LogP contribution in [0.5, 0.6) is 0 Å². The molecule has 2 aromatic carbocycles. The average Bonchev–Trinajstić information content (AvgIpc) is 2.80. The number of carbonyl (C=O) groups excluding carboxylic acids is 2. The SMILES string of the molecule is CCCCCCCN1C(=O)CC(C(=O)Nc2ccc(C(=O)O)cc2)SC1=Nc1cccc(Cl)c1. The lowest BCUT2D eigenvalue weighted by Gasteiger charge is -2.32. The topological polar surface area (TPSA) is 99.1 Å². The summed E-state index contributed by atoms with van der Waals surface area (Å²) < 4.78 is 0. The summed E-state index contributed by atoms with van der Waals surface area (Å²) in [6.07, 6.45) is 5.40. The second-order valence-corrected chi connectivity index (χ2v) is 9.62. The molecule has 1 aliphatic heterocycles. The molecule has 1 heterocycles. The van der Waals surface area contributed by atoms with Gasteiger partial charge in [0, 0.05) is 23.7 Å². The van der Waals surface area contributed by atoms with Crippen molar-refractivity contribution < 1.29 is 19.5 Å². The number of aromatic carboxylic acids is 1. The third-order valence-electron chi connectivity index (χ3n) is 5.35. The lowest BCUT2D eigenvalue weighted by atomic mass is 10.1. The summed E-state index contributed by atoms with van der Waals surface area (Å²) in [4.78, 5) is 43.3. The number of anilines is 1. The van der Waals surface area contributed by atoms with Crippen molar-refractivity contribution in [1.82, 2.24) is 4.90 Å². The van der Waals surface area contributed by atoms with E-state index in [-0.39, 0.29) is 23.8 Å². The van der Waals surface area contributed by atoms with Crippen LogP contribution in [0.1, 0.15) is 55.8 Å². The number of thioether (sulfide) groups is 1. The van der Waals surface area contributed by atoms with Gasteiger partial charge in [0.05, 0.1) is 11.3 Å². The first-order valence-electron chi connectivity index (χ1n) is 11.3. The third kappa shape index (κ3) is 7.33. The Morgan fingerprint density at radius 3 is 2.56 bits per heavy atom. The van der Waals surface area contributed by atoms with Crippen LogP contribution in [0.15, 0.2) is 53.5 Å². The van der Waals surface area contributed by atoms with E-state index in [0.717, 1.165) is 25.7 Å². The molecular weight excluding hydrogens is 474 g/mol. The van der Waals surface area contributed by atoms with Gasteiger partial charge in [0.15, 0.2) is 5.17 Å². The average molecular weight is 502 g/mol. The fourth-order valence-electron chi connectivity index (χ4n) is 3.51. The normalized spacial score (nSPS) is 17.1. The van der Waals surface area contributed by atoms with E-state index in [9.17, 15) is 14.4 Å². The summed E-state index contributed by atoms with van der Waals surface area (Å²) in [5.41, 5.74) is 1.21. The number of benzene rings is 2. The van der Waals surface area contributed by atoms with E-state index in [1.165, 1.54) is 42.4 Å². The van der Waals surface area contributed by atoms with E-state index in [4.69, 9.17) is 16.7 Å². The summed E-state index contributed by atoms with van der Waals surface area (Å²) in [5.74, 6) is -1.51. The van der Waals surface area contributed by atoms with Gasteiger partial charge in [-0.2, -0.15) is 0 Å². The number of carboxylic acid groups (broad SMARTS) is 1. The van der Waals surface area contributed by atoms with Crippen molar-refractivity contribution in [3.63, 3.8) is 0 Å². The van der Waals surface area contributed by atoms with E-state index < -0.39 is 11.2 Å². The zero-order valence-electron chi connectivity index (χ0n) is 19.0. The molecule has 0 radical (unpaired) electrons. The van der Waals surface area contributed by atoms with Crippen LogP contribution in [0, 0.1) is 0 Å². The van der Waals surface area contributed by atoms with E-state index in [2.05, 4.69) is 17.2 Å². The molecule has 0 aliphatic carbocycles. The van der Waals surface area contributed by atoms with Gasteiger partial charge in [-0.25, -0.2) is 9.79 Å². The van der Waals surface area contributed by atoms with Gasteiger partial charge in [0.25, 0.3) is 0 Å². The van der Waals surface area contributed by atoms with Crippen LogP contribution in [-0.4, -0.2) is 44.8 Å². The lowest BCUT2D eigenvalue weighted by molar-refractivity contribution is -0.129. The zero-order valence-corrected chi connectivity index (χ0v) is 20.6. The zero-order chi connectivity index (χ0) is 24.5. The second kappa shape index (κ2) is 12.6. The van der Waals surface area contributed by atoms with Crippen molar-refractivity contribution in [2.45, 2.75) is 50.7 Å². The lowest BCUT2D eigenvalue weighted by Crippen LogP contribution is -2.45. The molecule has 2 amide bonds. The molecule has 1 fully saturated rings. The number of amidine groups is 1. The molecule has 1 saturated heterocycles. The van der Waals surface area contributed by atoms with Crippen molar-refractivity contribution >= 4 is 57.7 Å². The minimum atomic E-state index is -1.04. The number of hydrogen-bond acceptors (Lipinski definition) is 5. The highest BCUT2D eigenvalue weighted by Crippen LogP contribution is 2.31. The number of rotatable bonds is 10. The number of carboxylic acids is 1. The molecule has 180 valence electrons. The van der Waals surface area contributed by atoms with Crippen molar-refractivity contribution in [3.05, 3.63) is 59.1 Å². The highest BCUT2D eigenvalue weighted by Gasteiger charge is 2.35. The van der Waals surface area contributed by atoms with E-state index in [1.807, 2.05) is 0 Å². The number of nitrogens with one attached hydrogen (secondary N) is 1. The quantitative estimate of drug-likeness (QED) is 0.391. The van der Waals surface area contributed by atoms with Gasteiger partial charge in [0.1, 0.15) is 5.25 Å². The first-order valence-corrected chi connectivity index (χ1v) is 12.6. The van der Waals surface area contributed by atoms with Gasteiger partial charge in [-0.15, -0.1) is 0 Å². The molecule has 1 atom stereocenters. The number of aliphatic imine (C=N–C) groups is 1. The van der Waals surface area contributed by atoms with Crippen LogP contribution in [-0.2, 0) is 9.59 Å². The summed E-state index contributed by atoms with van der Waals surface area (Å²) in [6.45, 7) is 2.71. The van der Waals surface area contributed by atoms with Gasteiger partial charge in [-0.3, -0.25) is 14.5 Å². The van der Waals surface area contributed by atoms with Crippen LogP contribution in [0.4, 0.5) is 11.4 Å². The largest absolute Gasteiger partial charge is 0.478 e. The van der Waals surface area contributed by atoms with E-state index >= 15 is 0 Å². The standard InChI is InChI=1S/C25H28ClN3O4S/c1-2-3-4-5-6-14-29-22(30)16-21(34-25(29)28-20-9-7-8-18(26)15-20)23(31)27-19-12-10-17(11-13-19)24(32)33/h7-13,15,21H,2-6,14,16H2,1H3,(H,27,31)(H,32,33). The van der Waals surface area contributed by atoms with Gasteiger partial charge in [0.2, 0.25) is 11.8 Å². The predicted molar refractivity (Wildman–Crippen MR) is 137 cm³/mol. The molecule has 0 saturated carbocycles. The number of amides is 2. The Morgan fingerprint density at radius 2 is 1.88 bits per heavy atom. The first kappa shape index (κ1) is 25.8. The molecule has 0 aromatic heterocycles. The van der Waals surface area contributed by atoms with E-state index in [0.29, 0.717) is 28.1 Å². The van der Waals surface area contributed by atoms with Gasteiger partial charge in [-0.1, -0.05) is 62.0 Å². The Hall–Kier alpha value is -2.84. The third-order valence-corrected chi connectivity index (χ3v) is 6.77. The molecule has 9 heteroatoms. The van der Waals surface area contributed by atoms with Crippen molar-refractivity contribution in [2.24, 2.45) is 4.99 Å². The Morgan fingerprint density at radius 1 is 1.15 bits per heavy atom. The monoisotopic (exact) mass is 501 g/mol. The highest BCUT2D eigenvalue weighted by molar-refractivity contribution is 8.15. The molecule has 2 aromatic rings. The molecule has 1 aliphatic rings. The molecule has 34 heavy (non-hydrogen) atoms. The van der Waals surface area contributed by atoms with Gasteiger partial charge in [-0.05, 0) is 48.9 Å². The Bertz CT molecular complexity index is 1060. The summed E-state index contributed by atoms with van der Waals surface area (Å²) >= 11 is 7.36. The molecule has 7 nitrogen and oxygen atoms in total. The smallest absolute Gasteiger partial charge is 0.335 e. The minimum absolute atomic E-state index is 0.0627. The predicted octanol–water partition coefficient (Wildman–Crippen LogP) is 5.97. The van der Waals surface area contributed by atoms with E-state index in [1.54, 1.807) is 29.2 Å². The highest BCUT2D eigenvalue weighted by atomic mass is 35.5. The Balaban J connectivity index is 1.74. The second-order valence-electron chi connectivity index (χ2n) is 8.02. The van der Waals surface area contributed by atoms with Crippen LogP contribution >= 0.6 is 23.4 Å². The number of hydrogen-bond donors (Lipinski definition) is 2. The van der Waals surface area contributed by atoms with Gasteiger partial charge < -0.3 is 10.4 Å². The molecule has 1 unspecified atom stereocenters. The van der Waals surface area contributed by atoms with Crippen molar-refractivity contribution in [1.29, 1.82) is 0 Å². The van der Waals surface area contributed by atoms with Gasteiger partial charge >= 0.3 is 5.97 Å². The Kier molecular flexibility index (Phi) is 9.53. The number of unbranched alkanes of at least 4 members (excludes halogenated alkanes) is 4. The maximum absolute atomic E-state index is 13.0. The maximum atomic E-state index is 13.0. The number of halogens is 1. The molecule has 0 spiro atoms. The summed E-state index contributed by atoms with van der Waals surface area (Å²) in [7, 11) is 0. The summed E-state index contributed by atoms with van der Waals surface area (Å²) in [5, 5.41) is 12.2. The maximum Gasteiger partial charge on any atom is 0.335 e. The van der Waals surface area contributed by atoms with Crippen LogP contribution in [0.3, 0.4) is 0 Å². The number of carbonyl (C=O) groups is 3. The van der Waals surface area contributed by atoms with Crippen LogP contribution in [0.25, 0.3) is 0 Å². The first-order chi connectivity index (χ1) is 16.4. The fourth-order valence-corrected chi connectivity index (χ4v) is 4.82. The van der Waals surface area contributed by atoms with Crippen molar-refractivity contribution in [3.8, 4) is 0 Å². The molecule has 0 bridgehead atoms. The summed E-state index contributed by atoms with van der Waals surface area (Å²) in [6, 6.07) is 13.0.